The number of hydrogen-bond acceptors (Lipinski definition) is 2. The Morgan fingerprint density at radius 1 is 1.00 bits per heavy atom. The Labute approximate surface area is 152 Å². The average Bonchev–Trinajstić information content (AvgIpc) is 2.56. The number of esters is 1. The van der Waals surface area contributed by atoms with Crippen LogP contribution in [-0.4, -0.2) is 12.1 Å². The van der Waals surface area contributed by atoms with E-state index in [1.165, 1.54) is 32.1 Å². The van der Waals surface area contributed by atoms with Gasteiger partial charge in [0, 0.05) is 0 Å². The van der Waals surface area contributed by atoms with Gasteiger partial charge in [0.2, 0.25) is 0 Å². The zero-order valence-corrected chi connectivity index (χ0v) is 15.5. The molecule has 0 fully saturated rings. The van der Waals surface area contributed by atoms with E-state index in [1.807, 2.05) is 0 Å². The van der Waals surface area contributed by atoms with Crippen molar-refractivity contribution in [2.24, 2.45) is 0 Å². The third-order valence-electron chi connectivity index (χ3n) is 4.23. The largest absolute Gasteiger partial charge is 0.459 e. The third kappa shape index (κ3) is 8.68. The third-order valence-corrected chi connectivity index (χ3v) is 4.23. The van der Waals surface area contributed by atoms with E-state index in [0.29, 0.717) is 18.6 Å². The lowest BCUT2D eigenvalue weighted by Gasteiger charge is -2.14. The zero-order chi connectivity index (χ0) is 19.6. The predicted molar refractivity (Wildman–Crippen MR) is 93.5 cm³/mol. The molecular weight excluding hydrogens is 348 g/mol. The van der Waals surface area contributed by atoms with E-state index in [1.54, 1.807) is 6.92 Å². The number of hydrogen-bond donors (Lipinski definition) is 0. The van der Waals surface area contributed by atoms with Gasteiger partial charge in [0.25, 0.3) is 0 Å². The minimum Gasteiger partial charge on any atom is -0.459 e. The van der Waals surface area contributed by atoms with E-state index in [-0.39, 0.29) is 0 Å². The summed E-state index contributed by atoms with van der Waals surface area (Å²) in [4.78, 5) is 12.0. The maximum absolute atomic E-state index is 13.3. The molecule has 0 heterocycles. The number of ether oxygens (including phenoxy) is 1. The Balaban J connectivity index is 2.37. The lowest BCUT2D eigenvalue weighted by molar-refractivity contribution is -0.137. The highest BCUT2D eigenvalue weighted by atomic mass is 19.4. The van der Waals surface area contributed by atoms with Crippen molar-refractivity contribution in [1.82, 2.24) is 0 Å². The van der Waals surface area contributed by atoms with Crippen LogP contribution in [-0.2, 0) is 10.9 Å². The van der Waals surface area contributed by atoms with Crippen LogP contribution in [0.3, 0.4) is 0 Å². The molecule has 1 aromatic carbocycles. The molecule has 0 aliphatic carbocycles. The number of unbranched alkanes of at least 4 members (excludes halogenated alkanes) is 7. The fraction of sp³-hybridized carbons (Fsp3) is 0.650. The second kappa shape index (κ2) is 11.2. The molecule has 0 aliphatic heterocycles. The van der Waals surface area contributed by atoms with Crippen molar-refractivity contribution in [3.63, 3.8) is 0 Å². The molecule has 2 nitrogen and oxygen atoms in total. The molecule has 0 aromatic heterocycles. The van der Waals surface area contributed by atoms with Gasteiger partial charge in [-0.25, -0.2) is 9.18 Å². The number of carbonyl (C=O) groups excluding carboxylic acids is 1. The van der Waals surface area contributed by atoms with Crippen molar-refractivity contribution in [2.45, 2.75) is 83.9 Å². The number of rotatable bonds is 11. The van der Waals surface area contributed by atoms with Crippen LogP contribution in [0.15, 0.2) is 18.2 Å². The predicted octanol–water partition coefficient (Wildman–Crippen LogP) is 6.92. The van der Waals surface area contributed by atoms with Crippen LogP contribution in [0, 0.1) is 5.82 Å². The molecule has 6 heteroatoms. The van der Waals surface area contributed by atoms with Crippen molar-refractivity contribution in [3.05, 3.63) is 35.1 Å². The van der Waals surface area contributed by atoms with Crippen molar-refractivity contribution in [1.29, 1.82) is 0 Å². The van der Waals surface area contributed by atoms with Crippen LogP contribution in [0.5, 0.6) is 0 Å². The first-order valence-corrected chi connectivity index (χ1v) is 9.32. The smallest absolute Gasteiger partial charge is 0.416 e. The SMILES string of the molecule is CCCCCCCCCCC(C)OC(=O)c1cc(F)cc(C(F)(F)F)c1. The summed E-state index contributed by atoms with van der Waals surface area (Å²) in [6.07, 6.45) is 4.74. The first-order chi connectivity index (χ1) is 12.2. The molecule has 26 heavy (non-hydrogen) atoms. The molecule has 0 radical (unpaired) electrons. The van der Waals surface area contributed by atoms with Gasteiger partial charge in [0.1, 0.15) is 5.82 Å². The van der Waals surface area contributed by atoms with E-state index in [9.17, 15) is 22.4 Å². The van der Waals surface area contributed by atoms with Crippen molar-refractivity contribution < 1.29 is 27.1 Å². The van der Waals surface area contributed by atoms with Crippen molar-refractivity contribution in [3.8, 4) is 0 Å². The van der Waals surface area contributed by atoms with E-state index in [0.717, 1.165) is 25.3 Å². The molecule has 148 valence electrons. The minimum atomic E-state index is -4.71. The molecule has 1 unspecified atom stereocenters. The highest BCUT2D eigenvalue weighted by molar-refractivity contribution is 5.89. The Hall–Kier alpha value is -1.59. The van der Waals surface area contributed by atoms with Crippen molar-refractivity contribution in [2.75, 3.05) is 0 Å². The normalized spacial score (nSPS) is 12.8. The Bertz CT molecular complexity index is 555. The zero-order valence-electron chi connectivity index (χ0n) is 15.5. The fourth-order valence-corrected chi connectivity index (χ4v) is 2.75. The van der Waals surface area contributed by atoms with Gasteiger partial charge in [-0.1, -0.05) is 51.9 Å². The molecular formula is C20H28F4O2. The standard InChI is InChI=1S/C20H28F4O2/c1-3-4-5-6-7-8-9-10-11-15(2)26-19(25)16-12-17(20(22,23)24)14-18(21)13-16/h12-15H,3-11H2,1-2H3. The highest BCUT2D eigenvalue weighted by Gasteiger charge is 2.32. The summed E-state index contributed by atoms with van der Waals surface area (Å²) in [5, 5.41) is 0. The summed E-state index contributed by atoms with van der Waals surface area (Å²) in [5.74, 6) is -2.04. The topological polar surface area (TPSA) is 26.3 Å². The second-order valence-corrected chi connectivity index (χ2v) is 6.71. The molecule has 0 N–H and O–H groups in total. The van der Waals surface area contributed by atoms with Gasteiger partial charge in [-0.15, -0.1) is 0 Å². The maximum atomic E-state index is 13.3. The molecule has 1 rings (SSSR count). The molecule has 0 saturated carbocycles. The van der Waals surface area contributed by atoms with Gasteiger partial charge in [0.05, 0.1) is 17.2 Å². The van der Waals surface area contributed by atoms with Gasteiger partial charge in [-0.05, 0) is 38.0 Å². The first kappa shape index (κ1) is 22.5. The van der Waals surface area contributed by atoms with Gasteiger partial charge in [0.15, 0.2) is 0 Å². The summed E-state index contributed by atoms with van der Waals surface area (Å²) >= 11 is 0. The lowest BCUT2D eigenvalue weighted by atomic mass is 10.1. The lowest BCUT2D eigenvalue weighted by Crippen LogP contribution is -2.16. The Morgan fingerprint density at radius 2 is 1.58 bits per heavy atom. The quantitative estimate of drug-likeness (QED) is 0.238. The summed E-state index contributed by atoms with van der Waals surface area (Å²) < 4.78 is 56.6. The minimum absolute atomic E-state index is 0.362. The molecule has 0 saturated heterocycles. The number of benzene rings is 1. The van der Waals surface area contributed by atoms with E-state index in [4.69, 9.17) is 4.74 Å². The van der Waals surface area contributed by atoms with Crippen molar-refractivity contribution >= 4 is 5.97 Å². The molecule has 1 atom stereocenters. The molecule has 0 amide bonds. The van der Waals surface area contributed by atoms with Crippen LogP contribution >= 0.6 is 0 Å². The first-order valence-electron chi connectivity index (χ1n) is 9.32. The Morgan fingerprint density at radius 3 is 2.15 bits per heavy atom. The van der Waals surface area contributed by atoms with Gasteiger partial charge in [-0.2, -0.15) is 13.2 Å². The number of alkyl halides is 3. The average molecular weight is 376 g/mol. The molecule has 1 aromatic rings. The monoisotopic (exact) mass is 376 g/mol. The summed E-state index contributed by atoms with van der Waals surface area (Å²) in [5.41, 5.74) is -1.61. The van der Waals surface area contributed by atoms with Crippen LogP contribution in [0.1, 0.15) is 87.6 Å². The van der Waals surface area contributed by atoms with Crippen LogP contribution in [0.4, 0.5) is 17.6 Å². The second-order valence-electron chi connectivity index (χ2n) is 6.71. The van der Waals surface area contributed by atoms with Crippen LogP contribution in [0.2, 0.25) is 0 Å². The summed E-state index contributed by atoms with van der Waals surface area (Å²) in [6, 6.07) is 1.75. The van der Waals surface area contributed by atoms with E-state index >= 15 is 0 Å². The van der Waals surface area contributed by atoms with Gasteiger partial charge < -0.3 is 4.74 Å². The van der Waals surface area contributed by atoms with Crippen LogP contribution < -0.4 is 0 Å². The molecule has 0 spiro atoms. The Kier molecular flexibility index (Phi) is 9.66. The summed E-state index contributed by atoms with van der Waals surface area (Å²) in [6.45, 7) is 3.87. The van der Waals surface area contributed by atoms with Gasteiger partial charge in [-0.3, -0.25) is 0 Å². The fourth-order valence-electron chi connectivity index (χ4n) is 2.75. The van der Waals surface area contributed by atoms with Gasteiger partial charge >= 0.3 is 12.1 Å². The number of halogens is 4. The molecule has 0 aliphatic rings. The highest BCUT2D eigenvalue weighted by Crippen LogP contribution is 2.30. The number of carbonyl (C=O) groups is 1. The maximum Gasteiger partial charge on any atom is 0.416 e. The van der Waals surface area contributed by atoms with Crippen LogP contribution in [0.25, 0.3) is 0 Å². The summed E-state index contributed by atoms with van der Waals surface area (Å²) in [7, 11) is 0. The van der Waals surface area contributed by atoms with E-state index < -0.39 is 35.2 Å². The molecule has 0 bridgehead atoms. The van der Waals surface area contributed by atoms with E-state index in [2.05, 4.69) is 6.92 Å².